The van der Waals surface area contributed by atoms with Gasteiger partial charge >= 0.3 is 5.97 Å². The van der Waals surface area contributed by atoms with Crippen LogP contribution in [0, 0.1) is 6.92 Å². The molecule has 0 radical (unpaired) electrons. The highest BCUT2D eigenvalue weighted by Gasteiger charge is 2.42. The van der Waals surface area contributed by atoms with E-state index in [9.17, 15) is 13.2 Å². The summed E-state index contributed by atoms with van der Waals surface area (Å²) < 4.78 is 29.7. The molecule has 0 unspecified atom stereocenters. The number of sulfonamides is 1. The van der Waals surface area contributed by atoms with Crippen molar-refractivity contribution in [3.8, 4) is 5.75 Å². The molecular formula is C21H24BrNO5S. The highest BCUT2D eigenvalue weighted by Crippen LogP contribution is 2.45. The van der Waals surface area contributed by atoms with E-state index in [1.54, 1.807) is 6.92 Å². The molecule has 29 heavy (non-hydrogen) atoms. The van der Waals surface area contributed by atoms with Crippen LogP contribution in [-0.2, 0) is 31.5 Å². The SMILES string of the molecule is CCc1c(S(=O)(=O)N2CC(C)(C)c3cc(Br)ccc32)ccc(OOC(C)=O)c1C. The van der Waals surface area contributed by atoms with Crippen molar-refractivity contribution in [3.63, 3.8) is 0 Å². The molecule has 0 aromatic heterocycles. The number of nitrogens with zero attached hydrogens (tertiary/aromatic N) is 1. The first-order valence-electron chi connectivity index (χ1n) is 9.29. The molecular weight excluding hydrogens is 458 g/mol. The molecule has 0 saturated carbocycles. The fraction of sp³-hybridized carbons (Fsp3) is 0.381. The quantitative estimate of drug-likeness (QED) is 0.458. The minimum absolute atomic E-state index is 0.235. The average Bonchev–Trinajstić information content (AvgIpc) is 2.91. The maximum Gasteiger partial charge on any atom is 0.352 e. The second kappa shape index (κ2) is 7.65. The first-order chi connectivity index (χ1) is 13.5. The van der Waals surface area contributed by atoms with E-state index in [2.05, 4.69) is 20.8 Å². The smallest absolute Gasteiger partial charge is 0.287 e. The fourth-order valence-electron chi connectivity index (χ4n) is 3.72. The molecule has 0 atom stereocenters. The third-order valence-electron chi connectivity index (χ3n) is 5.17. The zero-order valence-corrected chi connectivity index (χ0v) is 19.5. The van der Waals surface area contributed by atoms with Crippen molar-refractivity contribution >= 4 is 37.6 Å². The summed E-state index contributed by atoms with van der Waals surface area (Å²) in [6.45, 7) is 9.31. The lowest BCUT2D eigenvalue weighted by atomic mass is 9.87. The first kappa shape index (κ1) is 21.6. The summed E-state index contributed by atoms with van der Waals surface area (Å²) in [7, 11) is -3.79. The second-order valence-corrected chi connectivity index (χ2v) is 10.5. The van der Waals surface area contributed by atoms with Gasteiger partial charge in [0.2, 0.25) is 0 Å². The monoisotopic (exact) mass is 481 g/mol. The molecule has 0 N–H and O–H groups in total. The predicted octanol–water partition coefficient (Wildman–Crippen LogP) is 4.66. The molecule has 1 heterocycles. The number of hydrogen-bond acceptors (Lipinski definition) is 5. The normalized spacial score (nSPS) is 15.2. The molecule has 8 heteroatoms. The Morgan fingerprint density at radius 2 is 1.93 bits per heavy atom. The average molecular weight is 482 g/mol. The van der Waals surface area contributed by atoms with Crippen molar-refractivity contribution in [1.82, 2.24) is 0 Å². The van der Waals surface area contributed by atoms with Crippen LogP contribution in [0.1, 0.15) is 44.4 Å². The van der Waals surface area contributed by atoms with Gasteiger partial charge in [-0.05, 0) is 54.8 Å². The second-order valence-electron chi connectivity index (χ2n) is 7.73. The zero-order chi connectivity index (χ0) is 21.6. The molecule has 156 valence electrons. The minimum Gasteiger partial charge on any atom is -0.287 e. The van der Waals surface area contributed by atoms with Gasteiger partial charge in [-0.25, -0.2) is 13.2 Å². The maximum atomic E-state index is 13.7. The van der Waals surface area contributed by atoms with Crippen molar-refractivity contribution in [2.45, 2.75) is 51.3 Å². The zero-order valence-electron chi connectivity index (χ0n) is 17.1. The van der Waals surface area contributed by atoms with E-state index in [1.807, 2.05) is 39.0 Å². The molecule has 3 rings (SSSR count). The van der Waals surface area contributed by atoms with Gasteiger partial charge in [0, 0.05) is 28.9 Å². The molecule has 1 aliphatic rings. The Labute approximate surface area is 179 Å². The summed E-state index contributed by atoms with van der Waals surface area (Å²) in [5.74, 6) is -0.261. The summed E-state index contributed by atoms with van der Waals surface area (Å²) in [6.07, 6.45) is 0.488. The van der Waals surface area contributed by atoms with Crippen molar-refractivity contribution in [1.29, 1.82) is 0 Å². The lowest BCUT2D eigenvalue weighted by molar-refractivity contribution is -0.211. The number of carbonyl (C=O) groups is 1. The van der Waals surface area contributed by atoms with Gasteiger partial charge in [0.15, 0.2) is 5.75 Å². The molecule has 2 aromatic carbocycles. The molecule has 0 aliphatic carbocycles. The van der Waals surface area contributed by atoms with Gasteiger partial charge in [0.1, 0.15) is 0 Å². The summed E-state index contributed by atoms with van der Waals surface area (Å²) >= 11 is 3.48. The number of hydrogen-bond donors (Lipinski definition) is 0. The predicted molar refractivity (Wildman–Crippen MR) is 115 cm³/mol. The standard InChI is InChI=1S/C21H24BrNO5S/c1-6-16-13(2)19(28-27-14(3)24)9-10-20(16)29(25,26)23-12-21(4,5)17-11-15(22)7-8-18(17)23/h7-11H,6,12H2,1-5H3. The van der Waals surface area contributed by atoms with Crippen LogP contribution in [0.4, 0.5) is 5.69 Å². The first-order valence-corrected chi connectivity index (χ1v) is 11.5. The lowest BCUT2D eigenvalue weighted by Crippen LogP contribution is -2.34. The van der Waals surface area contributed by atoms with Crippen LogP contribution in [-0.4, -0.2) is 20.9 Å². The van der Waals surface area contributed by atoms with Gasteiger partial charge in [0.05, 0.1) is 10.6 Å². The summed E-state index contributed by atoms with van der Waals surface area (Å²) in [5, 5.41) is 0. The van der Waals surface area contributed by atoms with E-state index in [4.69, 9.17) is 4.89 Å². The van der Waals surface area contributed by atoms with Crippen LogP contribution in [0.5, 0.6) is 5.75 Å². The fourth-order valence-corrected chi connectivity index (χ4v) is 6.07. The van der Waals surface area contributed by atoms with E-state index in [1.165, 1.54) is 23.4 Å². The Hall–Kier alpha value is -2.06. The van der Waals surface area contributed by atoms with E-state index >= 15 is 0 Å². The Morgan fingerprint density at radius 1 is 1.24 bits per heavy atom. The van der Waals surface area contributed by atoms with Crippen molar-refractivity contribution in [2.75, 3.05) is 10.8 Å². The van der Waals surface area contributed by atoms with Gasteiger partial charge in [-0.2, -0.15) is 0 Å². The Bertz CT molecular complexity index is 1080. The molecule has 1 aliphatic heterocycles. The molecule has 6 nitrogen and oxygen atoms in total. The number of rotatable bonds is 5. The third-order valence-corrected chi connectivity index (χ3v) is 7.51. The Morgan fingerprint density at radius 3 is 2.55 bits per heavy atom. The van der Waals surface area contributed by atoms with Crippen LogP contribution >= 0.6 is 15.9 Å². The topological polar surface area (TPSA) is 72.9 Å². The van der Waals surface area contributed by atoms with Crippen LogP contribution in [0.15, 0.2) is 39.7 Å². The molecule has 0 bridgehead atoms. The van der Waals surface area contributed by atoms with Gasteiger partial charge in [-0.3, -0.25) is 14.1 Å². The van der Waals surface area contributed by atoms with Crippen molar-refractivity contribution in [3.05, 3.63) is 51.5 Å². The number of benzene rings is 2. The molecule has 2 aromatic rings. The largest absolute Gasteiger partial charge is 0.352 e. The lowest BCUT2D eigenvalue weighted by Gasteiger charge is -2.24. The van der Waals surface area contributed by atoms with E-state index < -0.39 is 16.0 Å². The van der Waals surface area contributed by atoms with Crippen molar-refractivity contribution < 1.29 is 23.0 Å². The molecule has 0 saturated heterocycles. The van der Waals surface area contributed by atoms with Gasteiger partial charge in [0.25, 0.3) is 10.0 Å². The van der Waals surface area contributed by atoms with Crippen molar-refractivity contribution in [2.24, 2.45) is 0 Å². The van der Waals surface area contributed by atoms with E-state index in [0.717, 1.165) is 10.0 Å². The number of halogens is 1. The van der Waals surface area contributed by atoms with E-state index in [-0.39, 0.29) is 10.3 Å². The van der Waals surface area contributed by atoms with Gasteiger partial charge in [-0.1, -0.05) is 36.7 Å². The number of carbonyl (C=O) groups excluding carboxylic acids is 1. The Balaban J connectivity index is 2.09. The van der Waals surface area contributed by atoms with Gasteiger partial charge in [-0.15, -0.1) is 0 Å². The van der Waals surface area contributed by atoms with Crippen LogP contribution in [0.25, 0.3) is 0 Å². The molecule has 0 amide bonds. The number of fused-ring (bicyclic) bond motifs is 1. The summed E-state index contributed by atoms with van der Waals surface area (Å²) in [4.78, 5) is 21.0. The third kappa shape index (κ3) is 3.88. The maximum absolute atomic E-state index is 13.7. The molecule has 0 fully saturated rings. The van der Waals surface area contributed by atoms with E-state index in [0.29, 0.717) is 35.5 Å². The Kier molecular flexibility index (Phi) is 5.71. The minimum atomic E-state index is -3.79. The van der Waals surface area contributed by atoms with Gasteiger partial charge < -0.3 is 0 Å². The molecule has 0 spiro atoms. The summed E-state index contributed by atoms with van der Waals surface area (Å²) in [6, 6.07) is 8.71. The van der Waals surface area contributed by atoms with Crippen LogP contribution in [0.2, 0.25) is 0 Å². The highest BCUT2D eigenvalue weighted by molar-refractivity contribution is 9.10. The van der Waals surface area contributed by atoms with Crippen LogP contribution in [0.3, 0.4) is 0 Å². The summed E-state index contributed by atoms with van der Waals surface area (Å²) in [5.41, 5.74) is 2.63. The van der Waals surface area contributed by atoms with Crippen LogP contribution < -0.4 is 9.19 Å². The number of anilines is 1. The highest BCUT2D eigenvalue weighted by atomic mass is 79.9.